The Hall–Kier alpha value is -0.840. The van der Waals surface area contributed by atoms with Crippen LogP contribution in [-0.2, 0) is 5.41 Å². The van der Waals surface area contributed by atoms with Gasteiger partial charge in [0.05, 0.1) is 22.8 Å². The van der Waals surface area contributed by atoms with E-state index >= 15 is 0 Å². The number of ether oxygens (including phenoxy) is 1. The fraction of sp³-hybridized carbons (Fsp3) is 0.500. The van der Waals surface area contributed by atoms with Gasteiger partial charge in [-0.15, -0.1) is 0 Å². The van der Waals surface area contributed by atoms with E-state index in [4.69, 9.17) is 10.5 Å². The molecule has 0 aliphatic carbocycles. The van der Waals surface area contributed by atoms with Gasteiger partial charge in [0.2, 0.25) is 0 Å². The molecule has 0 heterocycles. The molecule has 1 aromatic rings. The maximum Gasteiger partial charge on any atom is 0.268 e. The number of alkyl halides is 2. The Bertz CT molecular complexity index is 427. The SMILES string of the molecule is COc1cc(C(C)(C)C)c(N)c(Br)c1C(F)F. The van der Waals surface area contributed by atoms with Gasteiger partial charge in [0.15, 0.2) is 0 Å². The Morgan fingerprint density at radius 1 is 1.35 bits per heavy atom. The van der Waals surface area contributed by atoms with E-state index in [0.29, 0.717) is 5.69 Å². The van der Waals surface area contributed by atoms with Gasteiger partial charge in [0.1, 0.15) is 5.75 Å². The second-order valence-electron chi connectivity index (χ2n) is 4.82. The van der Waals surface area contributed by atoms with E-state index < -0.39 is 6.43 Å². The van der Waals surface area contributed by atoms with Gasteiger partial charge >= 0.3 is 0 Å². The van der Waals surface area contributed by atoms with Crippen LogP contribution in [0.2, 0.25) is 0 Å². The highest BCUT2D eigenvalue weighted by Gasteiger charge is 2.26. The van der Waals surface area contributed by atoms with Gasteiger partial charge in [0, 0.05) is 0 Å². The number of rotatable bonds is 2. The number of methoxy groups -OCH3 is 1. The average molecular weight is 308 g/mol. The summed E-state index contributed by atoms with van der Waals surface area (Å²) < 4.78 is 31.1. The van der Waals surface area contributed by atoms with Crippen molar-refractivity contribution in [3.63, 3.8) is 0 Å². The van der Waals surface area contributed by atoms with Crippen molar-refractivity contribution in [2.45, 2.75) is 32.6 Å². The molecule has 0 radical (unpaired) electrons. The van der Waals surface area contributed by atoms with Crippen molar-refractivity contribution in [1.82, 2.24) is 0 Å². The number of nitrogen functional groups attached to an aromatic ring is 1. The zero-order chi connectivity index (χ0) is 13.4. The zero-order valence-corrected chi connectivity index (χ0v) is 11.9. The van der Waals surface area contributed by atoms with Crippen LogP contribution >= 0.6 is 15.9 Å². The lowest BCUT2D eigenvalue weighted by molar-refractivity contribution is 0.146. The lowest BCUT2D eigenvalue weighted by Crippen LogP contribution is -2.15. The number of anilines is 1. The molecule has 0 saturated heterocycles. The van der Waals surface area contributed by atoms with E-state index in [9.17, 15) is 8.78 Å². The Labute approximate surface area is 108 Å². The monoisotopic (exact) mass is 307 g/mol. The van der Waals surface area contributed by atoms with Crippen molar-refractivity contribution in [3.05, 3.63) is 21.7 Å². The van der Waals surface area contributed by atoms with Crippen molar-refractivity contribution < 1.29 is 13.5 Å². The molecule has 1 aromatic carbocycles. The summed E-state index contributed by atoms with van der Waals surface area (Å²) in [4.78, 5) is 0. The van der Waals surface area contributed by atoms with Gasteiger partial charge in [-0.1, -0.05) is 20.8 Å². The van der Waals surface area contributed by atoms with Crippen LogP contribution < -0.4 is 10.5 Å². The third-order valence-corrected chi connectivity index (χ3v) is 3.40. The topological polar surface area (TPSA) is 35.2 Å². The van der Waals surface area contributed by atoms with Gasteiger partial charge in [-0.2, -0.15) is 0 Å². The van der Waals surface area contributed by atoms with Crippen molar-refractivity contribution >= 4 is 21.6 Å². The fourth-order valence-corrected chi connectivity index (χ4v) is 2.23. The van der Waals surface area contributed by atoms with Gasteiger partial charge in [-0.3, -0.25) is 0 Å². The van der Waals surface area contributed by atoms with Gasteiger partial charge < -0.3 is 10.5 Å². The Balaban J connectivity index is 3.57. The number of nitrogens with two attached hydrogens (primary N) is 1. The van der Waals surface area contributed by atoms with Crippen LogP contribution in [0.5, 0.6) is 5.75 Å². The molecule has 0 amide bonds. The lowest BCUT2D eigenvalue weighted by Gasteiger charge is -2.24. The molecule has 0 atom stereocenters. The third-order valence-electron chi connectivity index (χ3n) is 2.55. The number of benzene rings is 1. The molecule has 1 rings (SSSR count). The van der Waals surface area contributed by atoms with Crippen LogP contribution in [0.25, 0.3) is 0 Å². The van der Waals surface area contributed by atoms with Crippen LogP contribution in [0.1, 0.15) is 38.3 Å². The normalized spacial score (nSPS) is 12.0. The van der Waals surface area contributed by atoms with Crippen LogP contribution in [-0.4, -0.2) is 7.11 Å². The minimum Gasteiger partial charge on any atom is -0.496 e. The smallest absolute Gasteiger partial charge is 0.268 e. The van der Waals surface area contributed by atoms with E-state index in [1.165, 1.54) is 7.11 Å². The molecular formula is C12H16BrF2NO. The van der Waals surface area contributed by atoms with E-state index in [2.05, 4.69) is 15.9 Å². The summed E-state index contributed by atoms with van der Waals surface area (Å²) in [6.07, 6.45) is -2.63. The second-order valence-corrected chi connectivity index (χ2v) is 5.61. The number of halogens is 3. The van der Waals surface area contributed by atoms with Crippen LogP contribution in [0, 0.1) is 0 Å². The first kappa shape index (κ1) is 14.2. The first-order chi connectivity index (χ1) is 7.70. The molecule has 2 N–H and O–H groups in total. The summed E-state index contributed by atoms with van der Waals surface area (Å²) in [5.74, 6) is 0.158. The van der Waals surface area contributed by atoms with Gasteiger partial charge in [-0.25, -0.2) is 8.78 Å². The molecule has 0 fully saturated rings. The highest BCUT2D eigenvalue weighted by atomic mass is 79.9. The Morgan fingerprint density at radius 2 is 1.88 bits per heavy atom. The number of hydrogen-bond donors (Lipinski definition) is 1. The molecule has 0 aliphatic rings. The standard InChI is InChI=1S/C12H16BrF2NO/c1-12(2,3)6-5-7(17-4)8(11(14)15)9(13)10(6)16/h5,11H,16H2,1-4H3. The summed E-state index contributed by atoms with van der Waals surface area (Å²) in [7, 11) is 1.37. The lowest BCUT2D eigenvalue weighted by atomic mass is 9.85. The summed E-state index contributed by atoms with van der Waals surface area (Å²) in [5, 5.41) is 0. The minimum atomic E-state index is -2.63. The maximum atomic E-state index is 12.9. The summed E-state index contributed by atoms with van der Waals surface area (Å²) in [6, 6.07) is 1.58. The Kier molecular flexibility index (Phi) is 4.02. The minimum absolute atomic E-state index is 0.158. The average Bonchev–Trinajstić information content (AvgIpc) is 2.19. The maximum absolute atomic E-state index is 12.9. The first-order valence-corrected chi connectivity index (χ1v) is 5.94. The first-order valence-electron chi connectivity index (χ1n) is 5.14. The van der Waals surface area contributed by atoms with Crippen molar-refractivity contribution in [3.8, 4) is 5.75 Å². The molecule has 0 aromatic heterocycles. The summed E-state index contributed by atoms with van der Waals surface area (Å²) in [5.41, 5.74) is 6.59. The van der Waals surface area contributed by atoms with E-state index in [0.717, 1.165) is 5.56 Å². The molecular weight excluding hydrogens is 292 g/mol. The molecule has 0 bridgehead atoms. The molecule has 0 aliphatic heterocycles. The van der Waals surface area contributed by atoms with Crippen molar-refractivity contribution in [2.24, 2.45) is 0 Å². The predicted octanol–water partition coefficient (Wildman–Crippen LogP) is 4.28. The van der Waals surface area contributed by atoms with Gasteiger partial charge in [-0.05, 0) is 33.0 Å². The fourth-order valence-electron chi connectivity index (χ4n) is 1.65. The van der Waals surface area contributed by atoms with E-state index in [1.54, 1.807) is 6.07 Å². The molecule has 17 heavy (non-hydrogen) atoms. The van der Waals surface area contributed by atoms with Crippen LogP contribution in [0.4, 0.5) is 14.5 Å². The molecule has 0 saturated carbocycles. The van der Waals surface area contributed by atoms with Crippen molar-refractivity contribution in [1.29, 1.82) is 0 Å². The largest absolute Gasteiger partial charge is 0.496 e. The predicted molar refractivity (Wildman–Crippen MR) is 68.8 cm³/mol. The van der Waals surface area contributed by atoms with E-state index in [1.807, 2.05) is 20.8 Å². The van der Waals surface area contributed by atoms with Crippen LogP contribution in [0.15, 0.2) is 10.5 Å². The van der Waals surface area contributed by atoms with Gasteiger partial charge in [0.25, 0.3) is 6.43 Å². The highest BCUT2D eigenvalue weighted by molar-refractivity contribution is 9.10. The van der Waals surface area contributed by atoms with Crippen LogP contribution in [0.3, 0.4) is 0 Å². The van der Waals surface area contributed by atoms with Crippen molar-refractivity contribution in [2.75, 3.05) is 12.8 Å². The molecule has 2 nitrogen and oxygen atoms in total. The number of hydrogen-bond acceptors (Lipinski definition) is 2. The molecule has 96 valence electrons. The molecule has 5 heteroatoms. The second kappa shape index (κ2) is 4.80. The Morgan fingerprint density at radius 3 is 2.24 bits per heavy atom. The molecule has 0 spiro atoms. The van der Waals surface area contributed by atoms with E-state index in [-0.39, 0.29) is 21.2 Å². The molecule has 0 unspecified atom stereocenters. The highest BCUT2D eigenvalue weighted by Crippen LogP contribution is 2.44. The summed E-state index contributed by atoms with van der Waals surface area (Å²) >= 11 is 3.13. The summed E-state index contributed by atoms with van der Waals surface area (Å²) in [6.45, 7) is 5.89. The quantitative estimate of drug-likeness (QED) is 0.828. The zero-order valence-electron chi connectivity index (χ0n) is 10.3. The third kappa shape index (κ3) is 2.70.